The van der Waals surface area contributed by atoms with Gasteiger partial charge < -0.3 is 60.6 Å². The second-order valence-corrected chi connectivity index (χ2v) is 28.8. The molecule has 0 aliphatic carbocycles. The van der Waals surface area contributed by atoms with Crippen molar-refractivity contribution in [2.75, 3.05) is 59.0 Å². The van der Waals surface area contributed by atoms with Crippen molar-refractivity contribution in [2.24, 2.45) is 5.41 Å². The molecule has 4 aliphatic rings. The van der Waals surface area contributed by atoms with E-state index in [0.29, 0.717) is 50.0 Å². The average molecular weight is 1090 g/mol. The van der Waals surface area contributed by atoms with E-state index in [9.17, 15) is 19.8 Å². The molecule has 0 atom stereocenters. The molecule has 2 aromatic heterocycles. The molecule has 6 heterocycles. The summed E-state index contributed by atoms with van der Waals surface area (Å²) in [5, 5.41) is 36.7. The third kappa shape index (κ3) is 16.2. The number of ether oxygens (including phenoxy) is 2. The second kappa shape index (κ2) is 23.2. The molecule has 0 unspecified atom stereocenters. The van der Waals surface area contributed by atoms with Crippen LogP contribution in [0.5, 0.6) is 12.0 Å². The molecule has 4 aliphatic heterocycles. The summed E-state index contributed by atoms with van der Waals surface area (Å²) < 4.78 is 12.9. The minimum atomic E-state index is -1.80. The molecular formula is C58H104N14O6. The molecule has 0 bridgehead atoms. The summed E-state index contributed by atoms with van der Waals surface area (Å²) in [5.41, 5.74) is -2.95. The monoisotopic (exact) mass is 1090 g/mol. The van der Waals surface area contributed by atoms with Crippen LogP contribution in [0.3, 0.4) is 0 Å². The second-order valence-electron chi connectivity index (χ2n) is 28.8. The number of hydrogen-bond acceptors (Lipinski definition) is 18. The molecule has 0 aromatic carbocycles. The number of aliphatic carboxylic acids is 2. The number of anilines is 4. The van der Waals surface area contributed by atoms with E-state index in [1.165, 1.54) is 0 Å². The largest absolute Gasteiger partial charge is 0.481 e. The van der Waals surface area contributed by atoms with Gasteiger partial charge in [-0.1, -0.05) is 0 Å². The van der Waals surface area contributed by atoms with Crippen LogP contribution in [0, 0.1) is 5.41 Å². The average Bonchev–Trinajstić information content (AvgIpc) is 3.24. The van der Waals surface area contributed by atoms with Crippen LogP contribution in [0.25, 0.3) is 0 Å². The van der Waals surface area contributed by atoms with Crippen molar-refractivity contribution in [1.82, 2.24) is 51.2 Å². The number of nitrogens with zero attached hydrogens (tertiary/aromatic N) is 10. The molecule has 0 saturated carbocycles. The van der Waals surface area contributed by atoms with Crippen LogP contribution >= 0.6 is 0 Å². The highest BCUT2D eigenvalue weighted by Gasteiger charge is 2.46. The maximum absolute atomic E-state index is 13.6. The van der Waals surface area contributed by atoms with E-state index in [4.69, 9.17) is 39.4 Å². The summed E-state index contributed by atoms with van der Waals surface area (Å²) in [4.78, 5) is 65.6. The van der Waals surface area contributed by atoms with Gasteiger partial charge >= 0.3 is 24.0 Å². The smallest absolute Gasteiger partial charge is 0.323 e. The van der Waals surface area contributed by atoms with E-state index in [1.807, 2.05) is 0 Å². The molecular weight excluding hydrogens is 989 g/mol. The van der Waals surface area contributed by atoms with Crippen LogP contribution < -0.4 is 50.3 Å². The fraction of sp³-hybridized carbons (Fsp3) is 0.862. The van der Waals surface area contributed by atoms with Gasteiger partial charge in [0, 0.05) is 94.7 Å². The third-order valence-electron chi connectivity index (χ3n) is 16.6. The lowest BCUT2D eigenvalue weighted by Gasteiger charge is -2.50. The lowest BCUT2D eigenvalue weighted by molar-refractivity contribution is -0.157. The van der Waals surface area contributed by atoms with Gasteiger partial charge in [-0.05, 0) is 203 Å². The molecule has 4 fully saturated rings. The maximum Gasteiger partial charge on any atom is 0.323 e. The van der Waals surface area contributed by atoms with Crippen molar-refractivity contribution in [2.45, 2.75) is 278 Å². The molecule has 442 valence electrons. The Morgan fingerprint density at radius 1 is 0.436 bits per heavy atom. The summed E-state index contributed by atoms with van der Waals surface area (Å²) in [5.74, 6) is -0.554. The normalized spacial score (nSPS) is 22.8. The van der Waals surface area contributed by atoms with Crippen LogP contribution in [-0.2, 0) is 9.59 Å². The first kappa shape index (κ1) is 62.8. The minimum Gasteiger partial charge on any atom is -0.481 e. The van der Waals surface area contributed by atoms with Crippen LogP contribution in [0.1, 0.15) is 209 Å². The highest BCUT2D eigenvalue weighted by molar-refractivity contribution is 5.81. The topological polar surface area (TPSA) is 231 Å². The van der Waals surface area contributed by atoms with E-state index in [2.05, 4.69) is 179 Å². The number of carboxylic acids is 2. The van der Waals surface area contributed by atoms with Gasteiger partial charge in [0.05, 0.1) is 25.0 Å². The zero-order chi connectivity index (χ0) is 58.2. The highest BCUT2D eigenvalue weighted by atomic mass is 16.5. The molecule has 78 heavy (non-hydrogen) atoms. The molecule has 0 amide bonds. The third-order valence-corrected chi connectivity index (χ3v) is 16.6. The molecule has 0 spiro atoms. The van der Waals surface area contributed by atoms with Crippen LogP contribution in [0.15, 0.2) is 0 Å². The van der Waals surface area contributed by atoms with Crippen molar-refractivity contribution in [3.63, 3.8) is 0 Å². The van der Waals surface area contributed by atoms with Gasteiger partial charge in [0.2, 0.25) is 23.8 Å². The molecule has 0 radical (unpaired) electrons. The van der Waals surface area contributed by atoms with Crippen molar-refractivity contribution in [3.8, 4) is 12.0 Å². The summed E-state index contributed by atoms with van der Waals surface area (Å²) in [6.45, 7) is 46.3. The van der Waals surface area contributed by atoms with Gasteiger partial charge in [0.25, 0.3) is 0 Å². The van der Waals surface area contributed by atoms with Gasteiger partial charge in [0.1, 0.15) is 0 Å². The highest BCUT2D eigenvalue weighted by Crippen LogP contribution is 2.40. The van der Waals surface area contributed by atoms with Crippen molar-refractivity contribution in [3.05, 3.63) is 0 Å². The zero-order valence-electron chi connectivity index (χ0n) is 51.8. The summed E-state index contributed by atoms with van der Waals surface area (Å²) in [6, 6.07) is 0.530. The van der Waals surface area contributed by atoms with Crippen molar-refractivity contribution >= 4 is 35.7 Å². The van der Waals surface area contributed by atoms with Crippen LogP contribution in [-0.4, -0.2) is 160 Å². The van der Waals surface area contributed by atoms with E-state index in [0.717, 1.165) is 51.4 Å². The summed E-state index contributed by atoms with van der Waals surface area (Å²) >= 11 is 0. The van der Waals surface area contributed by atoms with Crippen molar-refractivity contribution in [1.29, 1.82) is 0 Å². The number of carboxylic acid groups (broad SMARTS) is 2. The SMILES string of the molecule is CCN(c1nc(OCCC(CCOc2nc(N(CC)C3CC(C)(C)NC(C)(C)C3)nc(N(CC)C3CC(C)(C)NC(C)(C)C3)n2)(CC(=O)O)C(=O)O)nc(N(CC)C2CC(C)(C)NC(C)(C)C2)n1)C1CC(C)(C)NC(C)(C)C1. The predicted octanol–water partition coefficient (Wildman–Crippen LogP) is 8.38. The Kier molecular flexibility index (Phi) is 18.7. The Balaban J connectivity index is 1.33. The van der Waals surface area contributed by atoms with Gasteiger partial charge in [-0.3, -0.25) is 9.59 Å². The van der Waals surface area contributed by atoms with Crippen LogP contribution in [0.4, 0.5) is 23.8 Å². The van der Waals surface area contributed by atoms with Crippen molar-refractivity contribution < 1.29 is 29.3 Å². The molecule has 2 aromatic rings. The number of rotatable bonds is 23. The quantitative estimate of drug-likeness (QED) is 0.0613. The van der Waals surface area contributed by atoms with Gasteiger partial charge in [-0.2, -0.15) is 29.9 Å². The van der Waals surface area contributed by atoms with Gasteiger partial charge in [-0.15, -0.1) is 0 Å². The maximum atomic E-state index is 13.6. The van der Waals surface area contributed by atoms with E-state index in [-0.39, 0.29) is 107 Å². The molecule has 6 N–H and O–H groups in total. The molecule has 4 saturated heterocycles. The number of carbonyl (C=O) groups is 2. The van der Waals surface area contributed by atoms with E-state index >= 15 is 0 Å². The fourth-order valence-corrected chi connectivity index (χ4v) is 15.1. The number of hydrogen-bond donors (Lipinski definition) is 6. The predicted molar refractivity (Wildman–Crippen MR) is 312 cm³/mol. The summed E-state index contributed by atoms with van der Waals surface area (Å²) in [7, 11) is 0. The zero-order valence-corrected chi connectivity index (χ0v) is 51.8. The van der Waals surface area contributed by atoms with E-state index in [1.54, 1.807) is 0 Å². The van der Waals surface area contributed by atoms with Gasteiger partial charge in [0.15, 0.2) is 0 Å². The lowest BCUT2D eigenvalue weighted by Crippen LogP contribution is -2.62. The Hall–Kier alpha value is -4.40. The first-order chi connectivity index (χ1) is 35.8. The number of piperidine rings is 4. The first-order valence-corrected chi connectivity index (χ1v) is 29.3. The van der Waals surface area contributed by atoms with E-state index < -0.39 is 23.8 Å². The Morgan fingerprint density at radius 3 is 0.833 bits per heavy atom. The fourth-order valence-electron chi connectivity index (χ4n) is 15.1. The van der Waals surface area contributed by atoms with Crippen LogP contribution in [0.2, 0.25) is 0 Å². The van der Waals surface area contributed by atoms with Gasteiger partial charge in [-0.25, -0.2) is 0 Å². The molecule has 6 rings (SSSR count). The summed E-state index contributed by atoms with van der Waals surface area (Å²) in [6.07, 6.45) is 5.88. The Bertz CT molecular complexity index is 2050. The standard InChI is InChI=1S/C58H104N14O6/c1-21-69(38-29-50(5,6)65-51(7,8)30-38)44-59-45(70(22-2)39-31-52(9,10)66-53(11,12)32-39)62-48(61-44)77-27-25-58(43(75)76,37-42(73)74)26-28-78-49-63-46(71(23-3)40-33-54(13,14)67-55(15,16)34-40)60-47(64-49)72(24-4)41-35-56(17,18)68-57(19,20)36-41/h38-41,65-68H,21-37H2,1-20H3,(H,73,74)(H,75,76). The number of nitrogens with one attached hydrogen (secondary N) is 4. The number of aromatic nitrogens is 6. The minimum absolute atomic E-state index is 0.0601. The first-order valence-electron chi connectivity index (χ1n) is 29.3. The molecule has 20 nitrogen and oxygen atoms in total. The Labute approximate surface area is 468 Å². The Morgan fingerprint density at radius 2 is 0.654 bits per heavy atom. The molecule has 20 heteroatoms. The lowest BCUT2D eigenvalue weighted by atomic mass is 9.78.